The van der Waals surface area contributed by atoms with Crippen molar-refractivity contribution in [2.24, 2.45) is 5.73 Å². The number of ether oxygens (including phenoxy) is 3. The fourth-order valence-corrected chi connectivity index (χ4v) is 5.50. The smallest absolute Gasteiger partial charge is 0.471 e. The van der Waals surface area contributed by atoms with Crippen molar-refractivity contribution in [1.29, 1.82) is 0 Å². The number of benzene rings is 1. The Labute approximate surface area is 259 Å². The van der Waals surface area contributed by atoms with Crippen LogP contribution in [0, 0.1) is 6.92 Å². The summed E-state index contributed by atoms with van der Waals surface area (Å²) in [5.74, 6) is -0.998. The average molecular weight is 652 g/mol. The number of pyridine rings is 1. The summed E-state index contributed by atoms with van der Waals surface area (Å²) in [5.41, 5.74) is 7.29. The van der Waals surface area contributed by atoms with E-state index in [0.29, 0.717) is 29.3 Å². The second kappa shape index (κ2) is 14.0. The third-order valence-corrected chi connectivity index (χ3v) is 9.00. The molecule has 45 heavy (non-hydrogen) atoms. The zero-order valence-electron chi connectivity index (χ0n) is 25.6. The quantitative estimate of drug-likeness (QED) is 0.164. The number of primary amides is 1. The van der Waals surface area contributed by atoms with E-state index in [1.54, 1.807) is 6.20 Å². The molecular weight excluding hydrogens is 614 g/mol. The summed E-state index contributed by atoms with van der Waals surface area (Å²) >= 11 is 0. The summed E-state index contributed by atoms with van der Waals surface area (Å²) in [4.78, 5) is 35.2. The lowest BCUT2D eigenvalue weighted by atomic mass is 10.0. The maximum absolute atomic E-state index is 15.2. The Balaban J connectivity index is 1.38. The van der Waals surface area contributed by atoms with Crippen LogP contribution in [0.3, 0.4) is 0 Å². The first kappa shape index (κ1) is 33.9. The largest absolute Gasteiger partial charge is 0.573 e. The van der Waals surface area contributed by atoms with E-state index in [-0.39, 0.29) is 44.1 Å². The molecule has 0 unspecified atom stereocenters. The van der Waals surface area contributed by atoms with Crippen LogP contribution in [0.5, 0.6) is 11.6 Å². The zero-order valence-corrected chi connectivity index (χ0v) is 26.6. The van der Waals surface area contributed by atoms with Gasteiger partial charge >= 0.3 is 6.36 Å². The standard InChI is InChI=1S/C30H37F4N5O5Si/c1-19-36-16-25(39(19)18-42-11-12-45(2,3)4)21-14-23(28(35)41)29(37-15-21)43-26-9-10-38(17-24(26)31)27(40)13-20-5-7-22(8-6-20)44-30(32,33)34/h5-8,14-16,24,26H,9-13,17-18H2,1-4H3,(H2,35,41)/t24-,26+/m1/s1. The minimum Gasteiger partial charge on any atom is -0.471 e. The predicted molar refractivity (Wildman–Crippen MR) is 160 cm³/mol. The lowest BCUT2D eigenvalue weighted by Crippen LogP contribution is -2.49. The number of likely N-dealkylation sites (tertiary alicyclic amines) is 1. The highest BCUT2D eigenvalue weighted by Gasteiger charge is 2.34. The van der Waals surface area contributed by atoms with Crippen LogP contribution >= 0.6 is 0 Å². The third-order valence-electron chi connectivity index (χ3n) is 7.29. The SMILES string of the molecule is Cc1ncc(-c2cnc(O[C@H]3CCN(C(=O)Cc4ccc(OC(F)(F)F)cc4)C[C@H]3F)c(C(N)=O)c2)n1COCC[Si](C)(C)C. The van der Waals surface area contributed by atoms with Gasteiger partial charge in [-0.15, -0.1) is 13.2 Å². The highest BCUT2D eigenvalue weighted by atomic mass is 28.3. The first-order valence-electron chi connectivity index (χ1n) is 14.4. The Hall–Kier alpha value is -3.98. The van der Waals surface area contributed by atoms with Crippen LogP contribution in [-0.2, 0) is 22.7 Å². The van der Waals surface area contributed by atoms with Crippen molar-refractivity contribution in [3.8, 4) is 22.9 Å². The number of halogens is 4. The molecule has 10 nitrogen and oxygen atoms in total. The third kappa shape index (κ3) is 9.50. The first-order valence-corrected chi connectivity index (χ1v) is 18.1. The van der Waals surface area contributed by atoms with Crippen molar-refractivity contribution < 1.29 is 41.4 Å². The Kier molecular flexibility index (Phi) is 10.5. The molecule has 1 saturated heterocycles. The van der Waals surface area contributed by atoms with E-state index in [4.69, 9.17) is 15.2 Å². The number of rotatable bonds is 12. The number of alkyl halides is 4. The van der Waals surface area contributed by atoms with Crippen LogP contribution in [0.2, 0.25) is 25.7 Å². The topological polar surface area (TPSA) is 122 Å². The van der Waals surface area contributed by atoms with E-state index < -0.39 is 44.3 Å². The Morgan fingerprint density at radius 3 is 2.44 bits per heavy atom. The lowest BCUT2D eigenvalue weighted by molar-refractivity contribution is -0.274. The summed E-state index contributed by atoms with van der Waals surface area (Å²) < 4.78 is 69.8. The molecule has 0 spiro atoms. The van der Waals surface area contributed by atoms with Gasteiger partial charge in [0, 0.05) is 39.4 Å². The van der Waals surface area contributed by atoms with E-state index in [0.717, 1.165) is 18.2 Å². The van der Waals surface area contributed by atoms with Gasteiger partial charge in [0.15, 0.2) is 6.17 Å². The van der Waals surface area contributed by atoms with Crippen LogP contribution < -0.4 is 15.2 Å². The Bertz CT molecular complexity index is 1490. The van der Waals surface area contributed by atoms with E-state index in [1.807, 2.05) is 11.5 Å². The van der Waals surface area contributed by atoms with Crippen molar-refractivity contribution in [2.45, 2.75) is 70.8 Å². The van der Waals surface area contributed by atoms with Crippen molar-refractivity contribution in [1.82, 2.24) is 19.4 Å². The molecule has 1 aliphatic rings. The number of carbonyl (C=O) groups is 2. The molecule has 2 aromatic heterocycles. The van der Waals surface area contributed by atoms with Gasteiger partial charge in [0.2, 0.25) is 11.8 Å². The first-order chi connectivity index (χ1) is 21.1. The number of hydrogen-bond acceptors (Lipinski definition) is 7. The molecule has 0 radical (unpaired) electrons. The summed E-state index contributed by atoms with van der Waals surface area (Å²) in [6, 6.07) is 7.45. The van der Waals surface area contributed by atoms with Gasteiger partial charge in [-0.1, -0.05) is 31.8 Å². The number of nitrogens with two attached hydrogens (primary N) is 1. The molecule has 1 aliphatic heterocycles. The molecule has 2 atom stereocenters. The van der Waals surface area contributed by atoms with E-state index >= 15 is 4.39 Å². The van der Waals surface area contributed by atoms with Gasteiger partial charge < -0.3 is 29.4 Å². The number of aryl methyl sites for hydroxylation is 1. The molecule has 1 fully saturated rings. The number of nitrogens with zero attached hydrogens (tertiary/aromatic N) is 4. The Morgan fingerprint density at radius 1 is 1.11 bits per heavy atom. The van der Waals surface area contributed by atoms with E-state index in [1.165, 1.54) is 29.3 Å². The number of amides is 2. The minimum absolute atomic E-state index is 0.0267. The van der Waals surface area contributed by atoms with Crippen LogP contribution in [0.1, 0.15) is 28.2 Å². The van der Waals surface area contributed by atoms with Crippen LogP contribution in [0.4, 0.5) is 17.6 Å². The summed E-state index contributed by atoms with van der Waals surface area (Å²) in [5, 5.41) is 0. The number of imidazole rings is 1. The molecule has 4 rings (SSSR count). The Morgan fingerprint density at radius 2 is 1.82 bits per heavy atom. The van der Waals surface area contributed by atoms with Gasteiger partial charge in [0.25, 0.3) is 5.91 Å². The van der Waals surface area contributed by atoms with Gasteiger partial charge in [-0.05, 0) is 36.7 Å². The van der Waals surface area contributed by atoms with Crippen LogP contribution in [0.25, 0.3) is 11.3 Å². The summed E-state index contributed by atoms with van der Waals surface area (Å²) in [6.45, 7) is 9.44. The second-order valence-electron chi connectivity index (χ2n) is 12.1. The van der Waals surface area contributed by atoms with E-state index in [9.17, 15) is 22.8 Å². The maximum Gasteiger partial charge on any atom is 0.573 e. The van der Waals surface area contributed by atoms with Crippen LogP contribution in [0.15, 0.2) is 42.7 Å². The number of aromatic nitrogens is 3. The minimum atomic E-state index is -4.82. The molecule has 2 amide bonds. The molecule has 3 aromatic rings. The average Bonchev–Trinajstić information content (AvgIpc) is 3.31. The fourth-order valence-electron chi connectivity index (χ4n) is 4.74. The fraction of sp³-hybridized carbons (Fsp3) is 0.467. The van der Waals surface area contributed by atoms with Crippen molar-refractivity contribution >= 4 is 19.9 Å². The van der Waals surface area contributed by atoms with Gasteiger partial charge in [-0.2, -0.15) is 0 Å². The molecule has 2 N–H and O–H groups in total. The highest BCUT2D eigenvalue weighted by molar-refractivity contribution is 6.76. The van der Waals surface area contributed by atoms with Gasteiger partial charge in [0.05, 0.1) is 24.9 Å². The molecule has 0 bridgehead atoms. The van der Waals surface area contributed by atoms with Gasteiger partial charge in [0.1, 0.15) is 30.0 Å². The normalized spacial score (nSPS) is 17.3. The molecule has 3 heterocycles. The van der Waals surface area contributed by atoms with Crippen molar-refractivity contribution in [3.05, 3.63) is 59.7 Å². The number of carbonyl (C=O) groups excluding carboxylic acids is 2. The predicted octanol–water partition coefficient (Wildman–Crippen LogP) is 5.12. The molecule has 1 aromatic carbocycles. The van der Waals surface area contributed by atoms with Gasteiger partial charge in [-0.3, -0.25) is 9.59 Å². The zero-order chi connectivity index (χ0) is 32.9. The molecule has 244 valence electrons. The molecule has 15 heteroatoms. The molecular formula is C30H37F4N5O5Si. The number of piperidine rings is 1. The molecule has 0 saturated carbocycles. The number of hydrogen-bond donors (Lipinski definition) is 1. The lowest BCUT2D eigenvalue weighted by Gasteiger charge is -2.34. The second-order valence-corrected chi connectivity index (χ2v) is 17.7. The monoisotopic (exact) mass is 651 g/mol. The summed E-state index contributed by atoms with van der Waals surface area (Å²) in [6.07, 6.45) is -4.27. The molecule has 0 aliphatic carbocycles. The van der Waals surface area contributed by atoms with Crippen molar-refractivity contribution in [2.75, 3.05) is 19.7 Å². The highest BCUT2D eigenvalue weighted by Crippen LogP contribution is 2.29. The van der Waals surface area contributed by atoms with Gasteiger partial charge in [-0.25, -0.2) is 14.4 Å². The maximum atomic E-state index is 15.2. The van der Waals surface area contributed by atoms with Crippen molar-refractivity contribution in [3.63, 3.8) is 0 Å². The van der Waals surface area contributed by atoms with Crippen LogP contribution in [-0.4, -0.2) is 77.7 Å². The van der Waals surface area contributed by atoms with E-state index in [2.05, 4.69) is 34.3 Å². The summed E-state index contributed by atoms with van der Waals surface area (Å²) in [7, 11) is -1.26.